The quantitative estimate of drug-likeness (QED) is 0.603. The summed E-state index contributed by atoms with van der Waals surface area (Å²) in [7, 11) is 0. The van der Waals surface area contributed by atoms with Crippen molar-refractivity contribution in [3.05, 3.63) is 59.9 Å². The zero-order valence-electron chi connectivity index (χ0n) is 16.5. The molecule has 1 aromatic carbocycles. The fourth-order valence-electron chi connectivity index (χ4n) is 4.11. The molecule has 3 N–H and O–H groups in total. The van der Waals surface area contributed by atoms with Gasteiger partial charge in [-0.1, -0.05) is 30.3 Å². The van der Waals surface area contributed by atoms with Gasteiger partial charge in [0.1, 0.15) is 5.65 Å². The Balaban J connectivity index is 1.29. The summed E-state index contributed by atoms with van der Waals surface area (Å²) >= 11 is 0. The minimum Gasteiger partial charge on any atom is -0.381 e. The van der Waals surface area contributed by atoms with Gasteiger partial charge in [0, 0.05) is 49.5 Å². The van der Waals surface area contributed by atoms with Crippen LogP contribution in [0.2, 0.25) is 0 Å². The lowest BCUT2D eigenvalue weighted by Crippen LogP contribution is -2.39. The average Bonchev–Trinajstić information content (AvgIpc) is 3.42. The molecule has 1 saturated carbocycles. The molecule has 2 aromatic heterocycles. The summed E-state index contributed by atoms with van der Waals surface area (Å²) < 4.78 is 0. The van der Waals surface area contributed by atoms with E-state index in [-0.39, 0.29) is 5.91 Å². The minimum atomic E-state index is -0.0212. The molecular weight excluding hydrogens is 362 g/mol. The van der Waals surface area contributed by atoms with E-state index in [1.54, 1.807) is 6.20 Å². The van der Waals surface area contributed by atoms with Gasteiger partial charge in [0.2, 0.25) is 0 Å². The van der Waals surface area contributed by atoms with Crippen molar-refractivity contribution in [1.29, 1.82) is 0 Å². The first-order valence-corrected chi connectivity index (χ1v) is 10.6. The second-order valence-electron chi connectivity index (χ2n) is 8.21. The third-order valence-corrected chi connectivity index (χ3v) is 5.93. The number of rotatable bonds is 6. The molecule has 1 aliphatic carbocycles. The number of carbonyl (C=O) groups is 1. The molecule has 0 radical (unpaired) electrons. The van der Waals surface area contributed by atoms with Crippen LogP contribution in [0.15, 0.2) is 48.8 Å². The fraction of sp³-hybridized carbons (Fsp3) is 0.391. The maximum atomic E-state index is 12.8. The van der Waals surface area contributed by atoms with Gasteiger partial charge >= 0.3 is 0 Å². The Morgan fingerprint density at radius 3 is 2.62 bits per heavy atom. The third kappa shape index (κ3) is 4.12. The van der Waals surface area contributed by atoms with Crippen LogP contribution < -0.4 is 10.6 Å². The molecule has 3 aromatic rings. The van der Waals surface area contributed by atoms with Crippen LogP contribution in [0.1, 0.15) is 41.6 Å². The molecule has 2 fully saturated rings. The number of piperidine rings is 1. The lowest BCUT2D eigenvalue weighted by atomic mass is 10.0. The number of H-pyrrole nitrogens is 1. The number of likely N-dealkylation sites (tertiary alicyclic amines) is 1. The first-order valence-electron chi connectivity index (χ1n) is 10.6. The monoisotopic (exact) mass is 389 g/mol. The van der Waals surface area contributed by atoms with Crippen molar-refractivity contribution in [3.8, 4) is 0 Å². The predicted molar refractivity (Wildman–Crippen MR) is 115 cm³/mol. The molecule has 29 heavy (non-hydrogen) atoms. The summed E-state index contributed by atoms with van der Waals surface area (Å²) in [5, 5.41) is 7.78. The number of hydrogen-bond acceptors (Lipinski definition) is 4. The minimum absolute atomic E-state index is 0.0212. The second-order valence-corrected chi connectivity index (χ2v) is 8.21. The van der Waals surface area contributed by atoms with Crippen LogP contribution in [-0.2, 0) is 6.54 Å². The van der Waals surface area contributed by atoms with Crippen LogP contribution in [-0.4, -0.2) is 45.9 Å². The van der Waals surface area contributed by atoms with E-state index < -0.39 is 0 Å². The number of nitrogens with one attached hydrogen (secondary N) is 3. The molecular formula is C23H27N5O. The van der Waals surface area contributed by atoms with Gasteiger partial charge in [-0.2, -0.15) is 0 Å². The fourth-order valence-corrected chi connectivity index (χ4v) is 4.11. The number of benzene rings is 1. The lowest BCUT2D eigenvalue weighted by molar-refractivity contribution is 0.0951. The van der Waals surface area contributed by atoms with E-state index in [1.165, 1.54) is 5.56 Å². The first kappa shape index (κ1) is 18.2. The molecule has 2 aliphatic rings. The van der Waals surface area contributed by atoms with Gasteiger partial charge in [0.25, 0.3) is 5.91 Å². The topological polar surface area (TPSA) is 73.0 Å². The van der Waals surface area contributed by atoms with Gasteiger partial charge in [-0.05, 0) is 37.3 Å². The summed E-state index contributed by atoms with van der Waals surface area (Å²) in [6, 6.07) is 13.3. The highest BCUT2D eigenvalue weighted by Gasteiger charge is 2.27. The lowest BCUT2D eigenvalue weighted by Gasteiger charge is -2.33. The maximum Gasteiger partial charge on any atom is 0.255 e. The van der Waals surface area contributed by atoms with Gasteiger partial charge in [0.15, 0.2) is 0 Å². The van der Waals surface area contributed by atoms with E-state index in [1.807, 2.05) is 12.3 Å². The number of pyridine rings is 1. The van der Waals surface area contributed by atoms with Crippen molar-refractivity contribution in [2.24, 2.45) is 0 Å². The Labute approximate surface area is 170 Å². The Morgan fingerprint density at radius 2 is 1.86 bits per heavy atom. The van der Waals surface area contributed by atoms with Gasteiger partial charge in [0.05, 0.1) is 11.3 Å². The number of aromatic nitrogens is 2. The van der Waals surface area contributed by atoms with Gasteiger partial charge in [-0.15, -0.1) is 0 Å². The van der Waals surface area contributed by atoms with Crippen molar-refractivity contribution in [2.45, 2.75) is 44.3 Å². The average molecular weight is 390 g/mol. The first-order chi connectivity index (χ1) is 14.3. The Hall–Kier alpha value is -2.86. The second kappa shape index (κ2) is 7.87. The van der Waals surface area contributed by atoms with Crippen molar-refractivity contribution in [2.75, 3.05) is 18.4 Å². The van der Waals surface area contributed by atoms with E-state index in [0.29, 0.717) is 17.6 Å². The van der Waals surface area contributed by atoms with Crippen molar-refractivity contribution < 1.29 is 4.79 Å². The maximum absolute atomic E-state index is 12.8. The van der Waals surface area contributed by atoms with Gasteiger partial charge in [-0.3, -0.25) is 9.69 Å². The molecule has 1 aliphatic heterocycles. The highest BCUT2D eigenvalue weighted by molar-refractivity contribution is 6.06. The Kier molecular flexibility index (Phi) is 4.94. The number of hydrogen-bond donors (Lipinski definition) is 3. The molecule has 0 bridgehead atoms. The molecule has 0 spiro atoms. The van der Waals surface area contributed by atoms with E-state index in [4.69, 9.17) is 0 Å². The molecule has 0 unspecified atom stereocenters. The number of fused-ring (bicyclic) bond motifs is 1. The third-order valence-electron chi connectivity index (χ3n) is 5.93. The predicted octanol–water partition coefficient (Wildman–Crippen LogP) is 3.53. The summed E-state index contributed by atoms with van der Waals surface area (Å²) in [6.07, 6.45) is 7.86. The van der Waals surface area contributed by atoms with Crippen LogP contribution in [0, 0.1) is 0 Å². The molecule has 1 amide bonds. The molecule has 1 saturated heterocycles. The van der Waals surface area contributed by atoms with E-state index >= 15 is 0 Å². The highest BCUT2D eigenvalue weighted by Crippen LogP contribution is 2.29. The SMILES string of the molecule is O=C(NC1CC1)c1cnc2[nH]ccc2c1NC1CCN(Cc2ccccc2)CC1. The normalized spacial score (nSPS) is 18.1. The number of carbonyl (C=O) groups excluding carboxylic acids is 1. The number of anilines is 1. The zero-order chi connectivity index (χ0) is 19.6. The Bertz CT molecular complexity index is 987. The molecule has 150 valence electrons. The van der Waals surface area contributed by atoms with Crippen LogP contribution in [0.3, 0.4) is 0 Å². The smallest absolute Gasteiger partial charge is 0.255 e. The van der Waals surface area contributed by atoms with Crippen molar-refractivity contribution in [3.63, 3.8) is 0 Å². The van der Waals surface area contributed by atoms with Crippen molar-refractivity contribution in [1.82, 2.24) is 20.2 Å². The van der Waals surface area contributed by atoms with Crippen LogP contribution >= 0.6 is 0 Å². The number of aromatic amines is 1. The summed E-state index contributed by atoms with van der Waals surface area (Å²) in [6.45, 7) is 3.11. The molecule has 3 heterocycles. The van der Waals surface area contributed by atoms with E-state index in [2.05, 4.69) is 55.8 Å². The van der Waals surface area contributed by atoms with E-state index in [0.717, 1.165) is 62.0 Å². The summed E-state index contributed by atoms with van der Waals surface area (Å²) in [5.41, 5.74) is 3.74. The summed E-state index contributed by atoms with van der Waals surface area (Å²) in [5.74, 6) is -0.0212. The van der Waals surface area contributed by atoms with Crippen LogP contribution in [0.5, 0.6) is 0 Å². The van der Waals surface area contributed by atoms with Crippen molar-refractivity contribution >= 4 is 22.6 Å². The number of nitrogens with zero attached hydrogens (tertiary/aromatic N) is 2. The summed E-state index contributed by atoms with van der Waals surface area (Å²) in [4.78, 5) is 22.9. The Morgan fingerprint density at radius 1 is 1.07 bits per heavy atom. The van der Waals surface area contributed by atoms with Crippen LogP contribution in [0.4, 0.5) is 5.69 Å². The van der Waals surface area contributed by atoms with Gasteiger partial charge in [-0.25, -0.2) is 4.98 Å². The standard InChI is InChI=1S/C23H27N5O/c29-23(27-17-6-7-17)20-14-25-22-19(8-11-24-22)21(20)26-18-9-12-28(13-10-18)15-16-4-2-1-3-5-16/h1-5,8,11,14,17-18H,6-7,9-10,12-13,15H2,(H,27,29)(H2,24,25,26). The largest absolute Gasteiger partial charge is 0.381 e. The van der Waals surface area contributed by atoms with E-state index in [9.17, 15) is 4.79 Å². The number of amides is 1. The molecule has 6 nitrogen and oxygen atoms in total. The highest BCUT2D eigenvalue weighted by atomic mass is 16.1. The zero-order valence-corrected chi connectivity index (χ0v) is 16.5. The molecule has 5 rings (SSSR count). The molecule has 6 heteroatoms. The van der Waals surface area contributed by atoms with Gasteiger partial charge < -0.3 is 15.6 Å². The van der Waals surface area contributed by atoms with Crippen LogP contribution in [0.25, 0.3) is 11.0 Å². The molecule has 0 atom stereocenters.